The van der Waals surface area contributed by atoms with Gasteiger partial charge in [0.1, 0.15) is 0 Å². The molecule has 2 aromatic rings. The molecule has 0 aliphatic carbocycles. The van der Waals surface area contributed by atoms with E-state index in [4.69, 9.17) is 0 Å². The summed E-state index contributed by atoms with van der Waals surface area (Å²) in [7, 11) is 1.65. The minimum absolute atomic E-state index is 0.212. The zero-order chi connectivity index (χ0) is 13.8. The van der Waals surface area contributed by atoms with Crippen molar-refractivity contribution in [1.82, 2.24) is 4.98 Å². The Morgan fingerprint density at radius 3 is 2.74 bits per heavy atom. The fraction of sp³-hybridized carbons (Fsp3) is 0.0769. The topological polar surface area (TPSA) is 54.0 Å². The van der Waals surface area contributed by atoms with Gasteiger partial charge in [-0.3, -0.25) is 9.78 Å². The first-order chi connectivity index (χ1) is 9.13. The number of anilines is 2. The number of aromatic nitrogens is 1. The predicted molar refractivity (Wildman–Crippen MR) is 68.1 cm³/mol. The smallest absolute Gasteiger partial charge is 0.259 e. The molecule has 0 unspecified atom stereocenters. The van der Waals surface area contributed by atoms with Gasteiger partial charge in [0.15, 0.2) is 11.6 Å². The number of halogens is 2. The van der Waals surface area contributed by atoms with Crippen LogP contribution in [0.5, 0.6) is 0 Å². The van der Waals surface area contributed by atoms with E-state index in [1.165, 1.54) is 24.5 Å². The molecule has 0 spiro atoms. The molecule has 98 valence electrons. The van der Waals surface area contributed by atoms with Crippen molar-refractivity contribution in [1.29, 1.82) is 0 Å². The second kappa shape index (κ2) is 5.43. The first-order valence-corrected chi connectivity index (χ1v) is 5.50. The Morgan fingerprint density at radius 2 is 2.00 bits per heavy atom. The van der Waals surface area contributed by atoms with Crippen LogP contribution in [0, 0.1) is 11.6 Å². The molecule has 19 heavy (non-hydrogen) atoms. The molecule has 2 N–H and O–H groups in total. The first kappa shape index (κ1) is 12.9. The van der Waals surface area contributed by atoms with E-state index in [2.05, 4.69) is 15.6 Å². The van der Waals surface area contributed by atoms with Crippen molar-refractivity contribution in [2.24, 2.45) is 0 Å². The van der Waals surface area contributed by atoms with Crippen LogP contribution in [-0.2, 0) is 0 Å². The number of nitrogens with zero attached hydrogens (tertiary/aromatic N) is 1. The Balaban J connectivity index is 2.28. The van der Waals surface area contributed by atoms with Gasteiger partial charge in [0.05, 0.1) is 11.3 Å². The Labute approximate surface area is 108 Å². The zero-order valence-electron chi connectivity index (χ0n) is 10.1. The van der Waals surface area contributed by atoms with Gasteiger partial charge >= 0.3 is 0 Å². The molecule has 0 bridgehead atoms. The van der Waals surface area contributed by atoms with Crippen LogP contribution >= 0.6 is 0 Å². The summed E-state index contributed by atoms with van der Waals surface area (Å²) in [6.45, 7) is 0. The monoisotopic (exact) mass is 263 g/mol. The molecule has 0 saturated heterocycles. The number of hydrogen-bond donors (Lipinski definition) is 2. The number of benzene rings is 1. The van der Waals surface area contributed by atoms with E-state index >= 15 is 0 Å². The molecule has 1 aromatic carbocycles. The van der Waals surface area contributed by atoms with Crippen molar-refractivity contribution in [3.63, 3.8) is 0 Å². The third-order valence-electron chi connectivity index (χ3n) is 2.53. The van der Waals surface area contributed by atoms with E-state index in [-0.39, 0.29) is 11.3 Å². The van der Waals surface area contributed by atoms with Crippen molar-refractivity contribution in [2.45, 2.75) is 0 Å². The van der Waals surface area contributed by atoms with Crippen LogP contribution in [0.2, 0.25) is 0 Å². The maximum Gasteiger partial charge on any atom is 0.259 e. The molecule has 1 amide bonds. The predicted octanol–water partition coefficient (Wildman–Crippen LogP) is 2.65. The van der Waals surface area contributed by atoms with Crippen molar-refractivity contribution in [3.05, 3.63) is 53.9 Å². The quantitative estimate of drug-likeness (QED) is 0.895. The maximum atomic E-state index is 13.4. The maximum absolute atomic E-state index is 13.4. The lowest BCUT2D eigenvalue weighted by molar-refractivity contribution is 0.102. The van der Waals surface area contributed by atoms with Gasteiger partial charge in [-0.2, -0.15) is 0 Å². The van der Waals surface area contributed by atoms with Gasteiger partial charge in [-0.25, -0.2) is 8.78 Å². The van der Waals surface area contributed by atoms with Crippen LogP contribution in [0.1, 0.15) is 10.4 Å². The van der Waals surface area contributed by atoms with Gasteiger partial charge in [-0.05, 0) is 18.2 Å². The summed E-state index contributed by atoms with van der Waals surface area (Å²) in [5.41, 5.74) is 0.578. The van der Waals surface area contributed by atoms with Crippen molar-refractivity contribution >= 4 is 17.3 Å². The molecule has 0 aliphatic rings. The summed E-state index contributed by atoms with van der Waals surface area (Å²) in [6.07, 6.45) is 2.86. The lowest BCUT2D eigenvalue weighted by Gasteiger charge is -2.09. The highest BCUT2D eigenvalue weighted by Gasteiger charge is 2.14. The minimum Gasteiger partial charge on any atom is -0.387 e. The van der Waals surface area contributed by atoms with Gasteiger partial charge in [-0.1, -0.05) is 6.07 Å². The van der Waals surface area contributed by atoms with Crippen LogP contribution < -0.4 is 10.6 Å². The highest BCUT2D eigenvalue weighted by Crippen LogP contribution is 2.19. The second-order valence-electron chi connectivity index (χ2n) is 3.73. The number of hydrogen-bond acceptors (Lipinski definition) is 3. The van der Waals surface area contributed by atoms with Crippen LogP contribution in [-0.4, -0.2) is 17.9 Å². The highest BCUT2D eigenvalue weighted by atomic mass is 19.2. The highest BCUT2D eigenvalue weighted by molar-refractivity contribution is 6.07. The molecule has 1 heterocycles. The number of amides is 1. The molecule has 0 saturated carbocycles. The molecule has 1 aromatic heterocycles. The Bertz CT molecular complexity index is 617. The van der Waals surface area contributed by atoms with Crippen molar-refractivity contribution < 1.29 is 13.6 Å². The molecule has 0 atom stereocenters. The molecule has 0 fully saturated rings. The van der Waals surface area contributed by atoms with Crippen molar-refractivity contribution in [2.75, 3.05) is 17.7 Å². The summed E-state index contributed by atoms with van der Waals surface area (Å²) >= 11 is 0. The first-order valence-electron chi connectivity index (χ1n) is 5.50. The summed E-state index contributed by atoms with van der Waals surface area (Å²) in [4.78, 5) is 15.8. The van der Waals surface area contributed by atoms with E-state index in [0.29, 0.717) is 5.69 Å². The van der Waals surface area contributed by atoms with Gasteiger partial charge in [0, 0.05) is 25.1 Å². The molecule has 4 nitrogen and oxygen atoms in total. The summed E-state index contributed by atoms with van der Waals surface area (Å²) in [6, 6.07) is 5.19. The van der Waals surface area contributed by atoms with E-state index < -0.39 is 17.5 Å². The fourth-order valence-electron chi connectivity index (χ4n) is 1.58. The third kappa shape index (κ3) is 2.67. The third-order valence-corrected chi connectivity index (χ3v) is 2.53. The molecule has 2 rings (SSSR count). The van der Waals surface area contributed by atoms with Gasteiger partial charge in [-0.15, -0.1) is 0 Å². The molecular weight excluding hydrogens is 252 g/mol. The van der Waals surface area contributed by atoms with Gasteiger partial charge in [0.25, 0.3) is 5.91 Å². The largest absolute Gasteiger partial charge is 0.387 e. The van der Waals surface area contributed by atoms with E-state index in [9.17, 15) is 13.6 Å². The standard InChI is InChI=1S/C13H11F2N3O/c1-16-10-5-6-17-7-8(10)13(19)18-11-4-2-3-9(14)12(11)15/h2-7H,1H3,(H,16,17)(H,18,19). The summed E-state index contributed by atoms with van der Waals surface area (Å²) < 4.78 is 26.5. The minimum atomic E-state index is -1.09. The number of rotatable bonds is 3. The molecule has 0 aliphatic heterocycles. The molecular formula is C13H11F2N3O. The second-order valence-corrected chi connectivity index (χ2v) is 3.73. The number of nitrogens with one attached hydrogen (secondary N) is 2. The summed E-state index contributed by atoms with van der Waals surface area (Å²) in [5, 5.41) is 5.13. The van der Waals surface area contributed by atoms with Crippen LogP contribution in [0.25, 0.3) is 0 Å². The fourth-order valence-corrected chi connectivity index (χ4v) is 1.58. The Hall–Kier alpha value is -2.50. The normalized spacial score (nSPS) is 10.1. The Kier molecular flexibility index (Phi) is 3.70. The SMILES string of the molecule is CNc1ccncc1C(=O)Nc1cccc(F)c1F. The average Bonchev–Trinajstić information content (AvgIpc) is 2.43. The lowest BCUT2D eigenvalue weighted by atomic mass is 10.2. The summed E-state index contributed by atoms with van der Waals surface area (Å²) in [5.74, 6) is -2.68. The zero-order valence-corrected chi connectivity index (χ0v) is 10.1. The number of carbonyl (C=O) groups excluding carboxylic acids is 1. The van der Waals surface area contributed by atoms with Crippen LogP contribution in [0.15, 0.2) is 36.7 Å². The van der Waals surface area contributed by atoms with E-state index in [1.807, 2.05) is 0 Å². The Morgan fingerprint density at radius 1 is 1.21 bits per heavy atom. The average molecular weight is 263 g/mol. The number of pyridine rings is 1. The van der Waals surface area contributed by atoms with E-state index in [0.717, 1.165) is 6.07 Å². The van der Waals surface area contributed by atoms with Crippen LogP contribution in [0.3, 0.4) is 0 Å². The lowest BCUT2D eigenvalue weighted by Crippen LogP contribution is -2.15. The van der Waals surface area contributed by atoms with E-state index in [1.54, 1.807) is 13.1 Å². The van der Waals surface area contributed by atoms with Gasteiger partial charge < -0.3 is 10.6 Å². The van der Waals surface area contributed by atoms with Gasteiger partial charge in [0.2, 0.25) is 0 Å². The molecule has 0 radical (unpaired) electrons. The van der Waals surface area contributed by atoms with Crippen molar-refractivity contribution in [3.8, 4) is 0 Å². The van der Waals surface area contributed by atoms with Crippen LogP contribution in [0.4, 0.5) is 20.2 Å². The molecule has 6 heteroatoms. The number of carbonyl (C=O) groups is 1.